The van der Waals surface area contributed by atoms with Crippen LogP contribution in [0.2, 0.25) is 0 Å². The summed E-state index contributed by atoms with van der Waals surface area (Å²) in [6.07, 6.45) is 3.49. The van der Waals surface area contributed by atoms with Crippen LogP contribution in [0.3, 0.4) is 0 Å². The van der Waals surface area contributed by atoms with Crippen molar-refractivity contribution in [2.45, 2.75) is 55.8 Å². The summed E-state index contributed by atoms with van der Waals surface area (Å²) in [4.78, 5) is 0.283. The second-order valence-electron chi connectivity index (χ2n) is 7.89. The molecule has 1 aromatic carbocycles. The van der Waals surface area contributed by atoms with Gasteiger partial charge in [0, 0.05) is 32.3 Å². The first-order valence-electron chi connectivity index (χ1n) is 9.17. The molecule has 4 rings (SSSR count). The third-order valence-corrected chi connectivity index (χ3v) is 6.66. The van der Waals surface area contributed by atoms with Crippen LogP contribution in [-0.4, -0.2) is 36.4 Å². The first-order valence-corrected chi connectivity index (χ1v) is 10.7. The molecule has 2 unspecified atom stereocenters. The van der Waals surface area contributed by atoms with E-state index in [1.807, 2.05) is 27.0 Å². The minimum atomic E-state index is -3.60. The summed E-state index contributed by atoms with van der Waals surface area (Å²) in [5, 5.41) is 4.17. The van der Waals surface area contributed by atoms with Gasteiger partial charge in [-0.05, 0) is 56.5 Å². The quantitative estimate of drug-likeness (QED) is 0.865. The van der Waals surface area contributed by atoms with Gasteiger partial charge >= 0.3 is 0 Å². The van der Waals surface area contributed by atoms with Crippen molar-refractivity contribution in [3.8, 4) is 5.75 Å². The molecule has 27 heavy (non-hydrogen) atoms. The number of sulfonamides is 1. The predicted molar refractivity (Wildman–Crippen MR) is 100 cm³/mol. The SMILES string of the molecule is Cn1nccc1C1CC(NS(=O)(=O)c2ccc3c(c2)CC(C)(C)O3)CCO1. The Balaban J connectivity index is 1.50. The highest BCUT2D eigenvalue weighted by Gasteiger charge is 2.33. The Kier molecular flexibility index (Phi) is 4.52. The van der Waals surface area contributed by atoms with E-state index in [1.54, 1.807) is 29.1 Å². The molecule has 2 aromatic rings. The largest absolute Gasteiger partial charge is 0.487 e. The van der Waals surface area contributed by atoms with Gasteiger partial charge in [-0.2, -0.15) is 5.10 Å². The fourth-order valence-electron chi connectivity index (χ4n) is 3.85. The van der Waals surface area contributed by atoms with Crippen LogP contribution in [0.25, 0.3) is 0 Å². The zero-order chi connectivity index (χ0) is 19.2. The fourth-order valence-corrected chi connectivity index (χ4v) is 5.18. The summed E-state index contributed by atoms with van der Waals surface area (Å²) in [6, 6.07) is 6.82. The van der Waals surface area contributed by atoms with Crippen LogP contribution in [-0.2, 0) is 28.2 Å². The maximum absolute atomic E-state index is 12.9. The van der Waals surface area contributed by atoms with Crippen LogP contribution >= 0.6 is 0 Å². The van der Waals surface area contributed by atoms with Gasteiger partial charge in [-0.15, -0.1) is 0 Å². The number of aromatic nitrogens is 2. The average Bonchev–Trinajstić information content (AvgIpc) is 3.14. The van der Waals surface area contributed by atoms with Gasteiger partial charge in [0.1, 0.15) is 17.5 Å². The van der Waals surface area contributed by atoms with Crippen LogP contribution < -0.4 is 9.46 Å². The predicted octanol–water partition coefficient (Wildman–Crippen LogP) is 2.33. The third kappa shape index (κ3) is 3.74. The number of hydrogen-bond acceptors (Lipinski definition) is 5. The van der Waals surface area contributed by atoms with Crippen molar-refractivity contribution in [3.05, 3.63) is 41.7 Å². The molecule has 2 aliphatic rings. The maximum Gasteiger partial charge on any atom is 0.240 e. The van der Waals surface area contributed by atoms with Crippen LogP contribution in [0.4, 0.5) is 0 Å². The molecule has 146 valence electrons. The zero-order valence-electron chi connectivity index (χ0n) is 15.8. The van der Waals surface area contributed by atoms with E-state index in [-0.39, 0.29) is 22.6 Å². The summed E-state index contributed by atoms with van der Waals surface area (Å²) in [7, 11) is -1.74. The minimum Gasteiger partial charge on any atom is -0.487 e. The number of benzene rings is 1. The Hall–Kier alpha value is -1.90. The summed E-state index contributed by atoms with van der Waals surface area (Å²) >= 11 is 0. The van der Waals surface area contributed by atoms with E-state index < -0.39 is 10.0 Å². The second-order valence-corrected chi connectivity index (χ2v) is 9.60. The van der Waals surface area contributed by atoms with Gasteiger partial charge in [-0.25, -0.2) is 13.1 Å². The molecule has 0 radical (unpaired) electrons. The lowest BCUT2D eigenvalue weighted by molar-refractivity contribution is -0.000585. The van der Waals surface area contributed by atoms with Gasteiger partial charge in [0.2, 0.25) is 10.0 Å². The van der Waals surface area contributed by atoms with Crippen LogP contribution in [0.1, 0.15) is 44.1 Å². The number of hydrogen-bond donors (Lipinski definition) is 1. The van der Waals surface area contributed by atoms with Crippen LogP contribution in [0.15, 0.2) is 35.4 Å². The van der Waals surface area contributed by atoms with E-state index in [4.69, 9.17) is 9.47 Å². The first kappa shape index (κ1) is 18.5. The molecule has 8 heteroatoms. The standard InChI is InChI=1S/C19H25N3O4S/c1-19(2)12-13-10-15(4-5-17(13)26-19)27(23,24)21-14-7-9-25-18(11-14)16-6-8-20-22(16)3/h4-6,8,10,14,18,21H,7,9,11-12H2,1-3H3. The molecule has 1 saturated heterocycles. The van der Waals surface area contributed by atoms with Crippen molar-refractivity contribution in [3.63, 3.8) is 0 Å². The van der Waals surface area contributed by atoms with E-state index >= 15 is 0 Å². The number of aryl methyl sites for hydroxylation is 1. The smallest absolute Gasteiger partial charge is 0.240 e. The average molecular weight is 391 g/mol. The van der Waals surface area contributed by atoms with E-state index in [1.165, 1.54) is 0 Å². The second kappa shape index (κ2) is 6.61. The first-order chi connectivity index (χ1) is 12.7. The van der Waals surface area contributed by atoms with E-state index in [0.717, 1.165) is 17.0 Å². The van der Waals surface area contributed by atoms with Crippen molar-refractivity contribution < 1.29 is 17.9 Å². The molecule has 7 nitrogen and oxygen atoms in total. The number of ether oxygens (including phenoxy) is 2. The Morgan fingerprint density at radius 3 is 2.85 bits per heavy atom. The fraction of sp³-hybridized carbons (Fsp3) is 0.526. The Morgan fingerprint density at radius 1 is 1.30 bits per heavy atom. The van der Waals surface area contributed by atoms with E-state index in [2.05, 4.69) is 9.82 Å². The van der Waals surface area contributed by atoms with Gasteiger partial charge in [-0.3, -0.25) is 4.68 Å². The molecule has 0 amide bonds. The molecule has 1 N–H and O–H groups in total. The van der Waals surface area contributed by atoms with Crippen LogP contribution in [0, 0.1) is 0 Å². The monoisotopic (exact) mass is 391 g/mol. The number of nitrogens with one attached hydrogen (secondary N) is 1. The maximum atomic E-state index is 12.9. The molecule has 0 spiro atoms. The lowest BCUT2D eigenvalue weighted by Crippen LogP contribution is -2.40. The minimum absolute atomic E-state index is 0.159. The lowest BCUT2D eigenvalue weighted by atomic mass is 10.0. The van der Waals surface area contributed by atoms with Crippen molar-refractivity contribution in [2.24, 2.45) is 7.05 Å². The summed E-state index contributed by atoms with van der Waals surface area (Å²) in [5.41, 5.74) is 1.59. The molecule has 2 atom stereocenters. The van der Waals surface area contributed by atoms with E-state index in [9.17, 15) is 8.42 Å². The van der Waals surface area contributed by atoms with Crippen molar-refractivity contribution >= 4 is 10.0 Å². The molecule has 2 aliphatic heterocycles. The highest BCUT2D eigenvalue weighted by molar-refractivity contribution is 7.89. The Morgan fingerprint density at radius 2 is 2.11 bits per heavy atom. The molecule has 1 aromatic heterocycles. The molecular formula is C19H25N3O4S. The van der Waals surface area contributed by atoms with Crippen LogP contribution in [0.5, 0.6) is 5.75 Å². The highest BCUT2D eigenvalue weighted by Crippen LogP contribution is 2.36. The Bertz CT molecular complexity index is 952. The van der Waals surface area contributed by atoms with Gasteiger partial charge in [0.05, 0.1) is 10.6 Å². The number of fused-ring (bicyclic) bond motifs is 1. The van der Waals surface area contributed by atoms with Gasteiger partial charge in [-0.1, -0.05) is 0 Å². The molecule has 3 heterocycles. The molecular weight excluding hydrogens is 366 g/mol. The van der Waals surface area contributed by atoms with Gasteiger partial charge in [0.25, 0.3) is 0 Å². The van der Waals surface area contributed by atoms with Crippen molar-refractivity contribution in [2.75, 3.05) is 6.61 Å². The normalized spacial score (nSPS) is 24.4. The summed E-state index contributed by atoms with van der Waals surface area (Å²) in [5.74, 6) is 0.765. The number of nitrogens with zero attached hydrogens (tertiary/aromatic N) is 2. The number of rotatable bonds is 4. The summed E-state index contributed by atoms with van der Waals surface area (Å²) in [6.45, 7) is 4.51. The van der Waals surface area contributed by atoms with Gasteiger partial charge < -0.3 is 9.47 Å². The molecule has 0 saturated carbocycles. The molecule has 0 bridgehead atoms. The third-order valence-electron chi connectivity index (χ3n) is 5.14. The molecule has 0 aliphatic carbocycles. The zero-order valence-corrected chi connectivity index (χ0v) is 16.6. The van der Waals surface area contributed by atoms with Crippen molar-refractivity contribution in [1.82, 2.24) is 14.5 Å². The highest BCUT2D eigenvalue weighted by atomic mass is 32.2. The summed E-state index contributed by atoms with van der Waals surface area (Å²) < 4.78 is 42.1. The Labute approximate surface area is 159 Å². The van der Waals surface area contributed by atoms with Gasteiger partial charge in [0.15, 0.2) is 0 Å². The molecule has 1 fully saturated rings. The topological polar surface area (TPSA) is 82.5 Å². The van der Waals surface area contributed by atoms with E-state index in [0.29, 0.717) is 25.9 Å². The van der Waals surface area contributed by atoms with Crippen molar-refractivity contribution in [1.29, 1.82) is 0 Å². The lowest BCUT2D eigenvalue weighted by Gasteiger charge is -2.30.